The Labute approximate surface area is 146 Å². The van der Waals surface area contributed by atoms with Crippen LogP contribution in [0.5, 0.6) is 11.5 Å². The minimum absolute atomic E-state index is 0. The number of hydrogen-bond acceptors (Lipinski definition) is 4. The first-order chi connectivity index (χ1) is 9.95. The highest BCUT2D eigenvalue weighted by Crippen LogP contribution is 2.39. The molecule has 0 aromatic heterocycles. The molecule has 0 radical (unpaired) electrons. The quantitative estimate of drug-likeness (QED) is 0.841. The van der Waals surface area contributed by atoms with E-state index in [0.29, 0.717) is 19.3 Å². The lowest BCUT2D eigenvalue weighted by atomic mass is 9.79. The molecule has 3 rings (SSSR count). The number of ether oxygens (including phenoxy) is 2. The van der Waals surface area contributed by atoms with Crippen LogP contribution < -0.4 is 15.2 Å². The first-order valence-corrected chi connectivity index (χ1v) is 8.31. The van der Waals surface area contributed by atoms with Gasteiger partial charge in [0.1, 0.15) is 13.2 Å². The number of piperidine rings is 1. The van der Waals surface area contributed by atoms with Gasteiger partial charge in [0.2, 0.25) is 0 Å². The van der Waals surface area contributed by atoms with E-state index in [2.05, 4.69) is 46.8 Å². The van der Waals surface area contributed by atoms with Crippen molar-refractivity contribution in [1.82, 2.24) is 4.90 Å². The third-order valence-electron chi connectivity index (χ3n) is 4.45. The molecule has 0 bridgehead atoms. The maximum absolute atomic E-state index is 6.21. The van der Waals surface area contributed by atoms with Gasteiger partial charge in [-0.25, -0.2) is 0 Å². The average molecular weight is 392 g/mol. The van der Waals surface area contributed by atoms with Crippen molar-refractivity contribution in [1.29, 1.82) is 0 Å². The van der Waals surface area contributed by atoms with E-state index in [1.165, 1.54) is 5.56 Å². The molecule has 0 amide bonds. The topological polar surface area (TPSA) is 47.7 Å². The molecular formula is C16H24BrClN2O2. The maximum atomic E-state index is 6.21. The van der Waals surface area contributed by atoms with Crippen molar-refractivity contribution in [3.8, 4) is 11.5 Å². The van der Waals surface area contributed by atoms with E-state index in [1.54, 1.807) is 0 Å². The fraction of sp³-hybridized carbons (Fsp3) is 0.625. The van der Waals surface area contributed by atoms with Crippen LogP contribution in [0, 0.1) is 5.41 Å². The van der Waals surface area contributed by atoms with Crippen molar-refractivity contribution < 1.29 is 9.47 Å². The third kappa shape index (κ3) is 3.70. The van der Waals surface area contributed by atoms with Crippen molar-refractivity contribution >= 4 is 28.3 Å². The minimum atomic E-state index is 0. The van der Waals surface area contributed by atoms with Crippen LogP contribution in [0.25, 0.3) is 0 Å². The summed E-state index contributed by atoms with van der Waals surface area (Å²) in [6.45, 7) is 8.74. The van der Waals surface area contributed by atoms with Gasteiger partial charge < -0.3 is 15.2 Å². The van der Waals surface area contributed by atoms with Crippen LogP contribution in [0.1, 0.15) is 25.8 Å². The Morgan fingerprint density at radius 2 is 2.05 bits per heavy atom. The largest absolute Gasteiger partial charge is 0.486 e. The van der Waals surface area contributed by atoms with E-state index in [1.807, 2.05) is 0 Å². The van der Waals surface area contributed by atoms with Crippen molar-refractivity contribution in [2.24, 2.45) is 11.1 Å². The predicted molar refractivity (Wildman–Crippen MR) is 94.0 cm³/mol. The number of benzene rings is 1. The Morgan fingerprint density at radius 1 is 1.32 bits per heavy atom. The SMILES string of the molecule is CC1(C)CN(Cc2cc(Br)c3c(c2)OCCO3)CCC1N.Cl. The molecule has 0 saturated carbocycles. The van der Waals surface area contributed by atoms with Gasteiger partial charge in [-0.2, -0.15) is 0 Å². The number of nitrogens with two attached hydrogens (primary N) is 1. The van der Waals surface area contributed by atoms with Crippen molar-refractivity contribution in [3.05, 3.63) is 22.2 Å². The molecule has 1 aromatic carbocycles. The molecule has 0 spiro atoms. The van der Waals surface area contributed by atoms with Gasteiger partial charge in [-0.05, 0) is 45.5 Å². The molecule has 1 aromatic rings. The third-order valence-corrected chi connectivity index (χ3v) is 5.04. The Kier molecular flexibility index (Phi) is 5.64. The molecule has 2 aliphatic rings. The molecule has 4 nitrogen and oxygen atoms in total. The van der Waals surface area contributed by atoms with Crippen LogP contribution in [-0.4, -0.2) is 37.2 Å². The van der Waals surface area contributed by atoms with Gasteiger partial charge in [-0.1, -0.05) is 13.8 Å². The van der Waals surface area contributed by atoms with Crippen LogP contribution in [0.15, 0.2) is 16.6 Å². The summed E-state index contributed by atoms with van der Waals surface area (Å²) < 4.78 is 12.3. The zero-order valence-electron chi connectivity index (χ0n) is 13.1. The highest BCUT2D eigenvalue weighted by molar-refractivity contribution is 9.10. The summed E-state index contributed by atoms with van der Waals surface area (Å²) in [6, 6.07) is 4.52. The van der Waals surface area contributed by atoms with Gasteiger partial charge in [0, 0.05) is 25.7 Å². The fourth-order valence-electron chi connectivity index (χ4n) is 3.13. The second-order valence-electron chi connectivity index (χ2n) is 6.70. The summed E-state index contributed by atoms with van der Waals surface area (Å²) >= 11 is 3.59. The molecule has 2 N–H and O–H groups in total. The molecule has 2 aliphatic heterocycles. The summed E-state index contributed by atoms with van der Waals surface area (Å²) in [7, 11) is 0. The van der Waals surface area contributed by atoms with Crippen LogP contribution in [0.2, 0.25) is 0 Å². The molecule has 1 atom stereocenters. The first-order valence-electron chi connectivity index (χ1n) is 7.52. The summed E-state index contributed by atoms with van der Waals surface area (Å²) in [5, 5.41) is 0. The Morgan fingerprint density at radius 3 is 2.77 bits per heavy atom. The highest BCUT2D eigenvalue weighted by Gasteiger charge is 2.33. The smallest absolute Gasteiger partial charge is 0.175 e. The van der Waals surface area contributed by atoms with Crippen molar-refractivity contribution in [2.75, 3.05) is 26.3 Å². The number of likely N-dealkylation sites (tertiary alicyclic amines) is 1. The zero-order chi connectivity index (χ0) is 15.0. The molecule has 1 unspecified atom stereocenters. The van der Waals surface area contributed by atoms with E-state index in [4.69, 9.17) is 15.2 Å². The van der Waals surface area contributed by atoms with E-state index in [0.717, 1.165) is 42.0 Å². The standard InChI is InChI=1S/C16H23BrN2O2.ClH/c1-16(2)10-19(4-3-14(16)18)9-11-7-12(17)15-13(8-11)20-5-6-21-15;/h7-8,14H,3-6,9-10,18H2,1-2H3;1H. The minimum Gasteiger partial charge on any atom is -0.486 e. The molecule has 6 heteroatoms. The summed E-state index contributed by atoms with van der Waals surface area (Å²) in [4.78, 5) is 2.47. The molecule has 22 heavy (non-hydrogen) atoms. The zero-order valence-corrected chi connectivity index (χ0v) is 15.5. The molecule has 1 fully saturated rings. The van der Waals surface area contributed by atoms with E-state index < -0.39 is 0 Å². The van der Waals surface area contributed by atoms with E-state index in [-0.39, 0.29) is 17.8 Å². The summed E-state index contributed by atoms with van der Waals surface area (Å²) in [6.07, 6.45) is 1.05. The van der Waals surface area contributed by atoms with Crippen LogP contribution >= 0.6 is 28.3 Å². The number of rotatable bonds is 2. The van der Waals surface area contributed by atoms with Crippen molar-refractivity contribution in [3.63, 3.8) is 0 Å². The first kappa shape index (κ1) is 17.9. The molecule has 124 valence electrons. The molecule has 1 saturated heterocycles. The molecule has 2 heterocycles. The monoisotopic (exact) mass is 390 g/mol. The Hall–Kier alpha value is -0.490. The van der Waals surface area contributed by atoms with E-state index >= 15 is 0 Å². The number of nitrogens with zero attached hydrogens (tertiary/aromatic N) is 1. The highest BCUT2D eigenvalue weighted by atomic mass is 79.9. The Bertz CT molecular complexity index is 539. The van der Waals surface area contributed by atoms with E-state index in [9.17, 15) is 0 Å². The molecule has 0 aliphatic carbocycles. The lowest BCUT2D eigenvalue weighted by molar-refractivity contribution is 0.0896. The van der Waals surface area contributed by atoms with Gasteiger partial charge >= 0.3 is 0 Å². The number of hydrogen-bond donors (Lipinski definition) is 1. The molecular weight excluding hydrogens is 368 g/mol. The van der Waals surface area contributed by atoms with Crippen LogP contribution in [0.4, 0.5) is 0 Å². The van der Waals surface area contributed by atoms with Gasteiger partial charge in [0.15, 0.2) is 11.5 Å². The lowest BCUT2D eigenvalue weighted by Gasteiger charge is -2.42. The van der Waals surface area contributed by atoms with Crippen molar-refractivity contribution in [2.45, 2.75) is 32.9 Å². The lowest BCUT2D eigenvalue weighted by Crippen LogP contribution is -2.52. The summed E-state index contributed by atoms with van der Waals surface area (Å²) in [5.41, 5.74) is 7.63. The average Bonchev–Trinajstić information content (AvgIpc) is 2.43. The predicted octanol–water partition coefficient (Wildman–Crippen LogP) is 3.20. The van der Waals surface area contributed by atoms with Crippen LogP contribution in [0.3, 0.4) is 0 Å². The van der Waals surface area contributed by atoms with Gasteiger partial charge in [-0.15, -0.1) is 12.4 Å². The normalized spacial score (nSPS) is 23.7. The van der Waals surface area contributed by atoms with Gasteiger partial charge in [0.05, 0.1) is 4.47 Å². The summed E-state index contributed by atoms with van der Waals surface area (Å²) in [5.74, 6) is 1.67. The number of halogens is 2. The number of fused-ring (bicyclic) bond motifs is 1. The van der Waals surface area contributed by atoms with Crippen LogP contribution in [-0.2, 0) is 6.54 Å². The maximum Gasteiger partial charge on any atom is 0.175 e. The fourth-order valence-corrected chi connectivity index (χ4v) is 3.74. The van der Waals surface area contributed by atoms with Gasteiger partial charge in [-0.3, -0.25) is 4.90 Å². The second kappa shape index (κ2) is 6.95. The second-order valence-corrected chi connectivity index (χ2v) is 7.55. The Balaban J connectivity index is 0.00000176. The van der Waals surface area contributed by atoms with Gasteiger partial charge in [0.25, 0.3) is 0 Å².